The van der Waals surface area contributed by atoms with Gasteiger partial charge in [-0.2, -0.15) is 0 Å². The summed E-state index contributed by atoms with van der Waals surface area (Å²) in [5, 5.41) is 0. The summed E-state index contributed by atoms with van der Waals surface area (Å²) in [5.74, 6) is 0.902. The van der Waals surface area contributed by atoms with Crippen molar-refractivity contribution in [2.24, 2.45) is 11.3 Å². The van der Waals surface area contributed by atoms with Crippen LogP contribution in [-0.2, 0) is 27.9 Å². The van der Waals surface area contributed by atoms with Gasteiger partial charge in [-0.3, -0.25) is 4.79 Å². The van der Waals surface area contributed by atoms with Gasteiger partial charge in [-0.05, 0) is 42.0 Å². The molecule has 1 amide bonds. The number of nitrogens with zero attached hydrogens (tertiary/aromatic N) is 2. The maximum absolute atomic E-state index is 12.4. The molecule has 1 aliphatic heterocycles. The zero-order valence-electron chi connectivity index (χ0n) is 12.2. The molecule has 0 unspecified atom stereocenters. The lowest BCUT2D eigenvalue weighted by atomic mass is 10.1. The first kappa shape index (κ1) is 13.3. The number of benzene rings is 1. The smallest absolute Gasteiger partial charge is 0.242 e. The van der Waals surface area contributed by atoms with Crippen molar-refractivity contribution < 1.29 is 13.2 Å². The normalized spacial score (nSPS) is 29.3. The van der Waals surface area contributed by atoms with E-state index < -0.39 is 10.0 Å². The third kappa shape index (κ3) is 1.78. The molecule has 2 fully saturated rings. The summed E-state index contributed by atoms with van der Waals surface area (Å²) < 4.78 is 25.5. The molecule has 0 atom stereocenters. The molecule has 0 bridgehead atoms. The Labute approximate surface area is 124 Å². The largest absolute Gasteiger partial charge is 0.334 e. The van der Waals surface area contributed by atoms with Gasteiger partial charge in [0, 0.05) is 27.2 Å². The lowest BCUT2D eigenvalue weighted by molar-refractivity contribution is -0.135. The van der Waals surface area contributed by atoms with E-state index in [2.05, 4.69) is 0 Å². The van der Waals surface area contributed by atoms with Crippen molar-refractivity contribution in [3.63, 3.8) is 0 Å². The highest BCUT2D eigenvalue weighted by Crippen LogP contribution is 2.76. The summed E-state index contributed by atoms with van der Waals surface area (Å²) in [6, 6.07) is 5.19. The van der Waals surface area contributed by atoms with Crippen molar-refractivity contribution in [2.75, 3.05) is 14.1 Å². The van der Waals surface area contributed by atoms with Gasteiger partial charge < -0.3 is 4.90 Å². The van der Waals surface area contributed by atoms with Gasteiger partial charge >= 0.3 is 0 Å². The zero-order valence-corrected chi connectivity index (χ0v) is 13.0. The van der Waals surface area contributed by atoms with Crippen molar-refractivity contribution in [1.82, 2.24) is 9.21 Å². The van der Waals surface area contributed by atoms with Crippen LogP contribution in [0, 0.1) is 11.3 Å². The molecule has 0 saturated heterocycles. The van der Waals surface area contributed by atoms with Crippen molar-refractivity contribution in [3.05, 3.63) is 29.3 Å². The number of fused-ring (bicyclic) bond motifs is 2. The van der Waals surface area contributed by atoms with Crippen LogP contribution in [0.1, 0.15) is 24.0 Å². The number of hydrogen-bond acceptors (Lipinski definition) is 3. The predicted molar refractivity (Wildman–Crippen MR) is 76.7 cm³/mol. The number of carbonyl (C=O) groups is 1. The van der Waals surface area contributed by atoms with E-state index in [1.165, 1.54) is 18.4 Å². The molecule has 5 nitrogen and oxygen atoms in total. The third-order valence-electron chi connectivity index (χ3n) is 5.07. The second kappa shape index (κ2) is 3.87. The Balaban J connectivity index is 1.60. The first-order valence-corrected chi connectivity index (χ1v) is 8.62. The minimum atomic E-state index is -3.41. The molecule has 112 valence electrons. The summed E-state index contributed by atoms with van der Waals surface area (Å²) in [4.78, 5) is 14.6. The van der Waals surface area contributed by atoms with Crippen LogP contribution in [0.3, 0.4) is 0 Å². The SMILES string of the molecule is CN(C)S(=O)(=O)c1ccc2c(c1)CN(C(=O)C13CC1C3)C2. The monoisotopic (exact) mass is 306 g/mol. The minimum Gasteiger partial charge on any atom is -0.334 e. The molecule has 1 heterocycles. The van der Waals surface area contributed by atoms with Crippen LogP contribution < -0.4 is 0 Å². The molecule has 1 aromatic carbocycles. The maximum Gasteiger partial charge on any atom is 0.242 e. The third-order valence-corrected chi connectivity index (χ3v) is 6.89. The van der Waals surface area contributed by atoms with E-state index in [1.54, 1.807) is 12.1 Å². The molecule has 3 aliphatic rings. The van der Waals surface area contributed by atoms with Gasteiger partial charge in [0.1, 0.15) is 0 Å². The van der Waals surface area contributed by atoms with E-state index in [0.717, 1.165) is 24.0 Å². The molecule has 2 aliphatic carbocycles. The van der Waals surface area contributed by atoms with Gasteiger partial charge in [0.15, 0.2) is 0 Å². The lowest BCUT2D eigenvalue weighted by Crippen LogP contribution is -2.29. The van der Waals surface area contributed by atoms with E-state index in [4.69, 9.17) is 0 Å². The number of carbonyl (C=O) groups excluding carboxylic acids is 1. The molecule has 0 N–H and O–H groups in total. The van der Waals surface area contributed by atoms with E-state index >= 15 is 0 Å². The molecule has 0 radical (unpaired) electrons. The average molecular weight is 306 g/mol. The van der Waals surface area contributed by atoms with E-state index in [1.807, 2.05) is 11.0 Å². The number of rotatable bonds is 3. The summed E-state index contributed by atoms with van der Waals surface area (Å²) in [6.07, 6.45) is 2.11. The van der Waals surface area contributed by atoms with Crippen LogP contribution in [0.15, 0.2) is 23.1 Å². The molecule has 2 saturated carbocycles. The van der Waals surface area contributed by atoms with E-state index in [-0.39, 0.29) is 11.3 Å². The molecule has 4 rings (SSSR count). The first-order valence-electron chi connectivity index (χ1n) is 7.18. The van der Waals surface area contributed by atoms with Crippen molar-refractivity contribution in [2.45, 2.75) is 30.8 Å². The summed E-state index contributed by atoms with van der Waals surface area (Å²) >= 11 is 0. The highest BCUT2D eigenvalue weighted by molar-refractivity contribution is 7.89. The Hall–Kier alpha value is -1.40. The van der Waals surface area contributed by atoms with Gasteiger partial charge in [-0.25, -0.2) is 12.7 Å². The van der Waals surface area contributed by atoms with Gasteiger partial charge in [0.25, 0.3) is 0 Å². The van der Waals surface area contributed by atoms with Crippen molar-refractivity contribution >= 4 is 15.9 Å². The van der Waals surface area contributed by atoms with Crippen LogP contribution in [-0.4, -0.2) is 37.6 Å². The zero-order chi connectivity index (χ0) is 15.0. The topological polar surface area (TPSA) is 57.7 Å². The second-order valence-corrected chi connectivity index (χ2v) is 8.79. The highest BCUT2D eigenvalue weighted by Gasteiger charge is 2.75. The standard InChI is InChI=1S/C15H18N2O3S/c1-16(2)21(19,20)13-4-3-10-8-17(9-11(10)5-13)14(18)15-6-12(15)7-15/h3-5,12H,6-9H2,1-2H3. The Bertz CT molecular complexity index is 748. The van der Waals surface area contributed by atoms with Gasteiger partial charge in [0.05, 0.1) is 10.3 Å². The quantitative estimate of drug-likeness (QED) is 0.843. The Morgan fingerprint density at radius 2 is 1.86 bits per heavy atom. The van der Waals surface area contributed by atoms with Crippen LogP contribution in [0.4, 0.5) is 0 Å². The van der Waals surface area contributed by atoms with Crippen LogP contribution in [0.25, 0.3) is 0 Å². The van der Waals surface area contributed by atoms with Crippen LogP contribution in [0.5, 0.6) is 0 Å². The number of hydrogen-bond donors (Lipinski definition) is 0. The maximum atomic E-state index is 12.4. The molecule has 6 heteroatoms. The number of sulfonamides is 1. The second-order valence-electron chi connectivity index (χ2n) is 6.64. The lowest BCUT2D eigenvalue weighted by Gasteiger charge is -2.17. The minimum absolute atomic E-state index is 0.0133. The Kier molecular flexibility index (Phi) is 2.44. The molecular formula is C15H18N2O3S. The predicted octanol–water partition coefficient (Wildman–Crippen LogP) is 1.19. The Morgan fingerprint density at radius 1 is 1.24 bits per heavy atom. The van der Waals surface area contributed by atoms with Crippen LogP contribution >= 0.6 is 0 Å². The first-order chi connectivity index (χ1) is 9.84. The molecular weight excluding hydrogens is 288 g/mol. The van der Waals surface area contributed by atoms with Crippen LogP contribution in [0.2, 0.25) is 0 Å². The van der Waals surface area contributed by atoms with Crippen molar-refractivity contribution in [3.8, 4) is 0 Å². The van der Waals surface area contributed by atoms with Gasteiger partial charge in [0.2, 0.25) is 15.9 Å². The van der Waals surface area contributed by atoms with Gasteiger partial charge in [-0.15, -0.1) is 0 Å². The molecule has 0 spiro atoms. The van der Waals surface area contributed by atoms with Gasteiger partial charge in [-0.1, -0.05) is 6.07 Å². The van der Waals surface area contributed by atoms with E-state index in [9.17, 15) is 13.2 Å². The fourth-order valence-electron chi connectivity index (χ4n) is 3.25. The number of amides is 1. The van der Waals surface area contributed by atoms with E-state index in [0.29, 0.717) is 23.9 Å². The molecule has 1 aromatic rings. The summed E-state index contributed by atoms with van der Waals surface area (Å²) in [6.45, 7) is 1.16. The van der Waals surface area contributed by atoms with Crippen molar-refractivity contribution in [1.29, 1.82) is 0 Å². The average Bonchev–Trinajstić information content (AvgIpc) is 3.24. The molecule has 21 heavy (non-hydrogen) atoms. The summed E-state index contributed by atoms with van der Waals surface area (Å²) in [7, 11) is -0.363. The fraction of sp³-hybridized carbons (Fsp3) is 0.533. The molecule has 0 aromatic heterocycles. The summed E-state index contributed by atoms with van der Waals surface area (Å²) in [5.41, 5.74) is 2.01. The fourth-order valence-corrected chi connectivity index (χ4v) is 4.20. The highest BCUT2D eigenvalue weighted by atomic mass is 32.2. The Morgan fingerprint density at radius 3 is 2.43 bits per heavy atom.